The Morgan fingerprint density at radius 1 is 1.05 bits per heavy atom. The van der Waals surface area contributed by atoms with E-state index in [1.807, 2.05) is 0 Å². The van der Waals surface area contributed by atoms with Crippen LogP contribution in [0.25, 0.3) is 10.8 Å². The fourth-order valence-corrected chi connectivity index (χ4v) is 2.83. The number of halogens is 1. The third-order valence-corrected chi connectivity index (χ3v) is 3.59. The Morgan fingerprint density at radius 3 is 2.35 bits per heavy atom. The Labute approximate surface area is 129 Å². The van der Waals surface area contributed by atoms with Gasteiger partial charge in [-0.05, 0) is 29.2 Å². The van der Waals surface area contributed by atoms with Crippen molar-refractivity contribution in [2.45, 2.75) is 47.1 Å². The molecule has 1 aromatic carbocycles. The van der Waals surface area contributed by atoms with Crippen LogP contribution in [0.5, 0.6) is 0 Å². The van der Waals surface area contributed by atoms with E-state index >= 15 is 0 Å². The summed E-state index contributed by atoms with van der Waals surface area (Å²) in [6, 6.07) is 10.8. The molecular weight excluding hydrogens is 266 g/mol. The third-order valence-electron chi connectivity index (χ3n) is 3.59. The van der Waals surface area contributed by atoms with Crippen LogP contribution in [0.15, 0.2) is 42.7 Å². The number of hydrogen-bond acceptors (Lipinski definition) is 0. The van der Waals surface area contributed by atoms with Crippen molar-refractivity contribution in [2.75, 3.05) is 0 Å². The maximum atomic E-state index is 2.37. The second-order valence-corrected chi connectivity index (χ2v) is 6.97. The van der Waals surface area contributed by atoms with Gasteiger partial charge in [-0.15, -0.1) is 0 Å². The molecule has 0 saturated heterocycles. The number of rotatable bonds is 4. The van der Waals surface area contributed by atoms with Gasteiger partial charge in [0.25, 0.3) is 0 Å². The number of aryl methyl sites for hydroxylation is 1. The Bertz CT molecular complexity index is 542. The number of nitrogens with zero attached hydrogens (tertiary/aromatic N) is 1. The summed E-state index contributed by atoms with van der Waals surface area (Å²) in [7, 11) is 0. The van der Waals surface area contributed by atoms with Gasteiger partial charge in [-0.3, -0.25) is 0 Å². The summed E-state index contributed by atoms with van der Waals surface area (Å²) in [6.07, 6.45) is 7.01. The molecule has 110 valence electrons. The number of hydrogen-bond donors (Lipinski definition) is 0. The van der Waals surface area contributed by atoms with Crippen molar-refractivity contribution < 1.29 is 17.0 Å². The summed E-state index contributed by atoms with van der Waals surface area (Å²) in [6.45, 7) is 10.5. The lowest BCUT2D eigenvalue weighted by atomic mass is 9.84. The van der Waals surface area contributed by atoms with Gasteiger partial charge in [0.1, 0.15) is 6.54 Å². The van der Waals surface area contributed by atoms with Crippen LogP contribution in [0.4, 0.5) is 0 Å². The zero-order chi connectivity index (χ0) is 13.9. The van der Waals surface area contributed by atoms with Crippen molar-refractivity contribution in [1.82, 2.24) is 0 Å². The van der Waals surface area contributed by atoms with Crippen LogP contribution < -0.4 is 17.0 Å². The van der Waals surface area contributed by atoms with Crippen LogP contribution in [-0.2, 0) is 6.54 Å². The average Bonchev–Trinajstić information content (AvgIpc) is 2.34. The minimum absolute atomic E-state index is 0. The quantitative estimate of drug-likeness (QED) is 0.754. The molecule has 0 spiro atoms. The lowest BCUT2D eigenvalue weighted by molar-refractivity contribution is -0.696. The Kier molecular flexibility index (Phi) is 6.01. The highest BCUT2D eigenvalue weighted by atomic mass is 35.5. The zero-order valence-corrected chi connectivity index (χ0v) is 13.8. The second kappa shape index (κ2) is 7.08. The fraction of sp³-hybridized carbons (Fsp3) is 0.500. The second-order valence-electron chi connectivity index (χ2n) is 6.97. The van der Waals surface area contributed by atoms with Gasteiger partial charge in [0.2, 0.25) is 0 Å². The first-order valence-electron chi connectivity index (χ1n) is 7.32. The minimum Gasteiger partial charge on any atom is -1.00 e. The monoisotopic (exact) mass is 291 g/mol. The first-order valence-corrected chi connectivity index (χ1v) is 7.32. The van der Waals surface area contributed by atoms with Gasteiger partial charge >= 0.3 is 0 Å². The fourth-order valence-electron chi connectivity index (χ4n) is 2.83. The summed E-state index contributed by atoms with van der Waals surface area (Å²) in [5.41, 5.74) is 0.438. The molecule has 1 unspecified atom stereocenters. The SMILES string of the molecule is CC(CC[n+]1ccc2ccccc2c1)CC(C)(C)C.[Cl-]. The van der Waals surface area contributed by atoms with Crippen LogP contribution in [0.2, 0.25) is 0 Å². The largest absolute Gasteiger partial charge is 1.00 e. The van der Waals surface area contributed by atoms with Crippen molar-refractivity contribution in [3.8, 4) is 0 Å². The molecule has 1 aromatic heterocycles. The van der Waals surface area contributed by atoms with Gasteiger partial charge in [-0.2, -0.15) is 0 Å². The number of fused-ring (bicyclic) bond motifs is 1. The summed E-state index contributed by atoms with van der Waals surface area (Å²) in [5.74, 6) is 0.777. The first-order chi connectivity index (χ1) is 8.94. The van der Waals surface area contributed by atoms with E-state index in [0.717, 1.165) is 12.5 Å². The van der Waals surface area contributed by atoms with Crippen LogP contribution in [0, 0.1) is 11.3 Å². The number of benzene rings is 1. The van der Waals surface area contributed by atoms with E-state index in [1.165, 1.54) is 23.6 Å². The molecule has 0 N–H and O–H groups in total. The molecule has 0 aliphatic rings. The third kappa shape index (κ3) is 5.13. The topological polar surface area (TPSA) is 3.88 Å². The van der Waals surface area contributed by atoms with Gasteiger partial charge in [0, 0.05) is 17.9 Å². The van der Waals surface area contributed by atoms with E-state index < -0.39 is 0 Å². The van der Waals surface area contributed by atoms with Crippen molar-refractivity contribution in [2.24, 2.45) is 11.3 Å². The van der Waals surface area contributed by atoms with E-state index in [1.54, 1.807) is 0 Å². The Balaban J connectivity index is 0.00000200. The molecule has 1 atom stereocenters. The lowest BCUT2D eigenvalue weighted by Crippen LogP contribution is -3.00. The van der Waals surface area contributed by atoms with Gasteiger partial charge in [0.15, 0.2) is 12.4 Å². The molecule has 2 heteroatoms. The summed E-state index contributed by atoms with van der Waals surface area (Å²) in [4.78, 5) is 0. The van der Waals surface area contributed by atoms with Crippen molar-refractivity contribution >= 4 is 10.8 Å². The first kappa shape index (κ1) is 17.0. The molecule has 1 heterocycles. The van der Waals surface area contributed by atoms with Crippen molar-refractivity contribution in [1.29, 1.82) is 0 Å². The van der Waals surface area contributed by atoms with Crippen LogP contribution in [0.1, 0.15) is 40.5 Å². The highest BCUT2D eigenvalue weighted by Gasteiger charge is 2.16. The molecular formula is C18H26ClN. The number of aromatic nitrogens is 1. The molecule has 20 heavy (non-hydrogen) atoms. The predicted molar refractivity (Wildman–Crippen MR) is 82.0 cm³/mol. The smallest absolute Gasteiger partial charge is 0.176 e. The van der Waals surface area contributed by atoms with Gasteiger partial charge in [-0.1, -0.05) is 45.9 Å². The van der Waals surface area contributed by atoms with Gasteiger partial charge < -0.3 is 12.4 Å². The van der Waals surface area contributed by atoms with Crippen LogP contribution in [-0.4, -0.2) is 0 Å². The van der Waals surface area contributed by atoms with Gasteiger partial charge in [-0.25, -0.2) is 4.57 Å². The van der Waals surface area contributed by atoms with E-state index in [4.69, 9.17) is 0 Å². The molecule has 2 rings (SSSR count). The lowest BCUT2D eigenvalue weighted by Gasteiger charge is -2.22. The van der Waals surface area contributed by atoms with E-state index in [9.17, 15) is 0 Å². The summed E-state index contributed by atoms with van der Waals surface area (Å²) >= 11 is 0. The van der Waals surface area contributed by atoms with Crippen LogP contribution in [0.3, 0.4) is 0 Å². The van der Waals surface area contributed by atoms with Crippen LogP contribution >= 0.6 is 0 Å². The summed E-state index contributed by atoms with van der Waals surface area (Å²) < 4.78 is 2.32. The molecule has 0 saturated carbocycles. The predicted octanol–water partition coefficient (Wildman–Crippen LogP) is 1.59. The minimum atomic E-state index is 0. The van der Waals surface area contributed by atoms with E-state index in [-0.39, 0.29) is 12.4 Å². The molecule has 0 aliphatic carbocycles. The standard InChI is InChI=1S/C18H26N.ClH/c1-15(13-18(2,3)4)9-11-19-12-10-16-7-5-6-8-17(16)14-19;/h5-8,10,12,14-15H,9,11,13H2,1-4H3;1H/q+1;/p-1. The molecule has 0 aliphatic heterocycles. The maximum absolute atomic E-state index is 2.37. The molecule has 1 nitrogen and oxygen atoms in total. The zero-order valence-electron chi connectivity index (χ0n) is 13.1. The Hall–Kier alpha value is -1.08. The van der Waals surface area contributed by atoms with Crippen molar-refractivity contribution in [3.63, 3.8) is 0 Å². The molecule has 0 fully saturated rings. The highest BCUT2D eigenvalue weighted by molar-refractivity contribution is 5.80. The highest BCUT2D eigenvalue weighted by Crippen LogP contribution is 2.25. The van der Waals surface area contributed by atoms with E-state index in [0.29, 0.717) is 5.41 Å². The molecule has 2 aromatic rings. The molecule has 0 amide bonds. The summed E-state index contributed by atoms with van der Waals surface area (Å²) in [5, 5.41) is 2.65. The van der Waals surface area contributed by atoms with Crippen molar-refractivity contribution in [3.05, 3.63) is 42.7 Å². The average molecular weight is 292 g/mol. The molecule has 0 radical (unpaired) electrons. The maximum Gasteiger partial charge on any atom is 0.176 e. The van der Waals surface area contributed by atoms with Gasteiger partial charge in [0.05, 0.1) is 0 Å². The van der Waals surface area contributed by atoms with E-state index in [2.05, 4.69) is 75.0 Å². The molecule has 0 bridgehead atoms. The normalized spacial score (nSPS) is 13.0. The Morgan fingerprint density at radius 2 is 1.70 bits per heavy atom. The number of pyridine rings is 1.